The van der Waals surface area contributed by atoms with E-state index in [1.165, 1.54) is 49.4 Å². The van der Waals surface area contributed by atoms with Crippen molar-refractivity contribution in [3.05, 3.63) is 120 Å². The number of aliphatic hydroxyl groups excluding tert-OH is 1. The second-order valence-corrected chi connectivity index (χ2v) is 15.2. The first-order chi connectivity index (χ1) is 23.1. The number of alkyl halides is 3. The molecule has 0 aliphatic carbocycles. The third-order valence-electron chi connectivity index (χ3n) is 7.38. The third kappa shape index (κ3) is 10.3. The summed E-state index contributed by atoms with van der Waals surface area (Å²) in [4.78, 5) is 13.7. The molecule has 4 aromatic carbocycles. The lowest BCUT2D eigenvalue weighted by Gasteiger charge is -2.29. The van der Waals surface area contributed by atoms with Gasteiger partial charge in [-0.15, -0.1) is 13.2 Å². The largest absolute Gasteiger partial charge is 0.573 e. The number of carbonyl (C=O) groups excluding carboxylic acids is 1. The Morgan fingerprint density at radius 1 is 0.878 bits per heavy atom. The van der Waals surface area contributed by atoms with E-state index in [0.717, 1.165) is 22.2 Å². The zero-order valence-electron chi connectivity index (χ0n) is 26.6. The number of amides is 1. The lowest BCUT2D eigenvalue weighted by molar-refractivity contribution is -0.274. The summed E-state index contributed by atoms with van der Waals surface area (Å²) >= 11 is 0. The van der Waals surface area contributed by atoms with Crippen LogP contribution in [0.2, 0.25) is 0 Å². The molecular formula is C34H36F3N3O7S2. The minimum atomic E-state index is -4.86. The monoisotopic (exact) mass is 719 g/mol. The van der Waals surface area contributed by atoms with Gasteiger partial charge >= 0.3 is 6.36 Å². The molecule has 262 valence electrons. The molecule has 3 N–H and O–H groups in total. The number of sulfone groups is 1. The molecule has 0 fully saturated rings. The Labute approximate surface area is 283 Å². The predicted molar refractivity (Wildman–Crippen MR) is 180 cm³/mol. The minimum absolute atomic E-state index is 0.0551. The maximum atomic E-state index is 14.1. The number of nitrogens with one attached hydrogen (secondary N) is 2. The average Bonchev–Trinajstić information content (AvgIpc) is 3.04. The number of rotatable bonds is 15. The zero-order valence-corrected chi connectivity index (χ0v) is 28.2. The van der Waals surface area contributed by atoms with Crippen LogP contribution in [0.15, 0.2) is 108 Å². The molecule has 10 nitrogen and oxygen atoms in total. The van der Waals surface area contributed by atoms with E-state index in [4.69, 9.17) is 0 Å². The van der Waals surface area contributed by atoms with Crippen molar-refractivity contribution in [1.29, 1.82) is 0 Å². The molecule has 0 aromatic heterocycles. The molecule has 49 heavy (non-hydrogen) atoms. The standard InChI is InChI=1S/C34H36F3N3O7S2/c1-3-49(45,46)31-19-11-18-28(32(31)40(48(2,43)44)26-15-8-5-9-16-26)33(42)39-29(21-24-12-6-4-7-13-24)30(41)23-38-22-25-14-10-17-27(20-25)47-34(35,36)37/h4-20,29-30,38,41H,3,21-23H2,1-2H3,(H,39,42)/t29-,30+/m0/s1. The van der Waals surface area contributed by atoms with Gasteiger partial charge in [0.05, 0.1) is 46.0 Å². The molecule has 4 aromatic rings. The smallest absolute Gasteiger partial charge is 0.406 e. The number of nitrogens with zero attached hydrogens (tertiary/aromatic N) is 1. The summed E-state index contributed by atoms with van der Waals surface area (Å²) in [6.45, 7) is 1.34. The highest BCUT2D eigenvalue weighted by molar-refractivity contribution is 7.93. The minimum Gasteiger partial charge on any atom is -0.406 e. The molecule has 0 aliphatic heterocycles. The number of para-hydroxylation sites is 2. The maximum absolute atomic E-state index is 14.1. The number of anilines is 2. The van der Waals surface area contributed by atoms with Crippen LogP contribution in [0.25, 0.3) is 0 Å². The van der Waals surface area contributed by atoms with Crippen molar-refractivity contribution in [2.24, 2.45) is 0 Å². The Hall–Kier alpha value is -4.44. The van der Waals surface area contributed by atoms with Gasteiger partial charge in [0.1, 0.15) is 5.75 Å². The first-order valence-electron chi connectivity index (χ1n) is 15.1. The summed E-state index contributed by atoms with van der Waals surface area (Å²) < 4.78 is 95.9. The summed E-state index contributed by atoms with van der Waals surface area (Å²) in [5.41, 5.74) is 0.671. The van der Waals surface area contributed by atoms with E-state index in [-0.39, 0.29) is 47.1 Å². The van der Waals surface area contributed by atoms with Gasteiger partial charge in [-0.2, -0.15) is 0 Å². The number of carbonyl (C=O) groups is 1. The van der Waals surface area contributed by atoms with Crippen molar-refractivity contribution < 1.29 is 44.6 Å². The summed E-state index contributed by atoms with van der Waals surface area (Å²) in [6, 6.07) is 24.9. The lowest BCUT2D eigenvalue weighted by Crippen LogP contribution is -2.49. The number of aliphatic hydroxyl groups is 1. The van der Waals surface area contributed by atoms with Crippen LogP contribution in [0.3, 0.4) is 0 Å². The second-order valence-electron chi connectivity index (χ2n) is 11.1. The fourth-order valence-electron chi connectivity index (χ4n) is 5.13. The van der Waals surface area contributed by atoms with Crippen molar-refractivity contribution in [2.45, 2.75) is 43.3 Å². The average molecular weight is 720 g/mol. The van der Waals surface area contributed by atoms with Gasteiger partial charge < -0.3 is 20.5 Å². The molecule has 0 bridgehead atoms. The van der Waals surface area contributed by atoms with Gasteiger partial charge in [0.15, 0.2) is 9.84 Å². The van der Waals surface area contributed by atoms with E-state index in [2.05, 4.69) is 15.4 Å². The first-order valence-corrected chi connectivity index (χ1v) is 18.6. The number of benzene rings is 4. The highest BCUT2D eigenvalue weighted by atomic mass is 32.2. The van der Waals surface area contributed by atoms with Gasteiger partial charge in [-0.25, -0.2) is 21.1 Å². The SMILES string of the molecule is CCS(=O)(=O)c1cccc(C(=O)N[C@@H](Cc2ccccc2)[C@H](O)CNCc2cccc(OC(F)(F)F)c2)c1N(c1ccccc1)S(C)(=O)=O. The fraction of sp³-hybridized carbons (Fsp3) is 0.265. The summed E-state index contributed by atoms with van der Waals surface area (Å²) in [6.07, 6.45) is -5.09. The van der Waals surface area contributed by atoms with Crippen LogP contribution in [-0.4, -0.2) is 64.9 Å². The summed E-state index contributed by atoms with van der Waals surface area (Å²) in [5, 5.41) is 17.0. The molecule has 4 rings (SSSR count). The molecule has 2 atom stereocenters. The summed E-state index contributed by atoms with van der Waals surface area (Å²) in [7, 11) is -8.26. The number of hydrogen-bond donors (Lipinski definition) is 3. The van der Waals surface area contributed by atoms with Crippen molar-refractivity contribution in [3.63, 3.8) is 0 Å². The lowest BCUT2D eigenvalue weighted by atomic mass is 10.00. The van der Waals surface area contributed by atoms with Gasteiger partial charge in [-0.3, -0.25) is 4.79 Å². The van der Waals surface area contributed by atoms with E-state index in [1.807, 2.05) is 0 Å². The summed E-state index contributed by atoms with van der Waals surface area (Å²) in [5.74, 6) is -1.61. The zero-order chi connectivity index (χ0) is 35.8. The Bertz CT molecular complexity index is 1940. The van der Waals surface area contributed by atoms with Crippen LogP contribution in [0.4, 0.5) is 24.5 Å². The molecule has 0 unspecified atom stereocenters. The molecule has 0 saturated carbocycles. The fourth-order valence-corrected chi connectivity index (χ4v) is 7.31. The molecule has 15 heteroatoms. The van der Waals surface area contributed by atoms with Gasteiger partial charge in [-0.05, 0) is 53.9 Å². The van der Waals surface area contributed by atoms with Gasteiger partial charge in [-0.1, -0.05) is 73.7 Å². The van der Waals surface area contributed by atoms with E-state index >= 15 is 0 Å². The number of ether oxygens (including phenoxy) is 1. The van der Waals surface area contributed by atoms with Gasteiger partial charge in [0, 0.05) is 13.1 Å². The number of hydrogen-bond acceptors (Lipinski definition) is 8. The first kappa shape index (κ1) is 37.4. The van der Waals surface area contributed by atoms with E-state index < -0.39 is 50.0 Å². The third-order valence-corrected chi connectivity index (χ3v) is 10.2. The number of halogens is 3. The van der Waals surface area contributed by atoms with Crippen LogP contribution in [-0.2, 0) is 32.8 Å². The van der Waals surface area contributed by atoms with E-state index in [9.17, 15) is 39.9 Å². The topological polar surface area (TPSA) is 142 Å². The van der Waals surface area contributed by atoms with Crippen LogP contribution in [0.5, 0.6) is 5.75 Å². The van der Waals surface area contributed by atoms with Crippen molar-refractivity contribution in [3.8, 4) is 5.75 Å². The Morgan fingerprint density at radius 3 is 2.10 bits per heavy atom. The number of sulfonamides is 1. The molecule has 0 radical (unpaired) electrons. The quantitative estimate of drug-likeness (QED) is 0.157. The Balaban J connectivity index is 1.67. The van der Waals surface area contributed by atoms with Gasteiger partial charge in [0.25, 0.3) is 5.91 Å². The van der Waals surface area contributed by atoms with Crippen LogP contribution < -0.4 is 19.7 Å². The molecule has 1 amide bonds. The van der Waals surface area contributed by atoms with Crippen LogP contribution >= 0.6 is 0 Å². The maximum Gasteiger partial charge on any atom is 0.573 e. The van der Waals surface area contributed by atoms with Crippen molar-refractivity contribution in [1.82, 2.24) is 10.6 Å². The van der Waals surface area contributed by atoms with Crippen molar-refractivity contribution >= 4 is 37.1 Å². The molecular weight excluding hydrogens is 684 g/mol. The predicted octanol–water partition coefficient (Wildman–Crippen LogP) is 4.97. The highest BCUT2D eigenvalue weighted by Gasteiger charge is 2.33. The highest BCUT2D eigenvalue weighted by Crippen LogP contribution is 2.37. The van der Waals surface area contributed by atoms with Crippen LogP contribution in [0, 0.1) is 0 Å². The van der Waals surface area contributed by atoms with E-state index in [1.54, 1.807) is 54.6 Å². The molecule has 0 heterocycles. The molecule has 0 aliphatic rings. The Morgan fingerprint density at radius 2 is 1.49 bits per heavy atom. The van der Waals surface area contributed by atoms with Crippen molar-refractivity contribution in [2.75, 3.05) is 22.9 Å². The molecule has 0 spiro atoms. The normalized spacial score (nSPS) is 13.3. The van der Waals surface area contributed by atoms with E-state index in [0.29, 0.717) is 5.56 Å². The van der Waals surface area contributed by atoms with Crippen LogP contribution in [0.1, 0.15) is 28.4 Å². The second kappa shape index (κ2) is 15.8. The molecule has 0 saturated heterocycles. The van der Waals surface area contributed by atoms with Gasteiger partial charge in [0.2, 0.25) is 10.0 Å². The Kier molecular flexibility index (Phi) is 12.1.